The van der Waals surface area contributed by atoms with Gasteiger partial charge >= 0.3 is 0 Å². The van der Waals surface area contributed by atoms with Crippen molar-refractivity contribution in [2.24, 2.45) is 11.3 Å². The van der Waals surface area contributed by atoms with Crippen LogP contribution in [-0.2, 0) is 16.6 Å². The van der Waals surface area contributed by atoms with E-state index in [1.807, 2.05) is 36.4 Å². The number of rotatable bonds is 6. The molecule has 0 aliphatic heterocycles. The Morgan fingerprint density at radius 2 is 1.53 bits per heavy atom. The van der Waals surface area contributed by atoms with Gasteiger partial charge < -0.3 is 5.32 Å². The highest BCUT2D eigenvalue weighted by atomic mass is 16.1. The molecular weight excluding hydrogens is 438 g/mol. The topological polar surface area (TPSA) is 29.1 Å². The molecule has 1 saturated carbocycles. The number of hydrogen-bond donors (Lipinski definition) is 1. The van der Waals surface area contributed by atoms with Crippen molar-refractivity contribution in [2.75, 3.05) is 6.54 Å². The molecule has 2 nitrogen and oxygen atoms in total. The van der Waals surface area contributed by atoms with Crippen molar-refractivity contribution in [2.45, 2.75) is 77.0 Å². The zero-order valence-corrected chi connectivity index (χ0v) is 22.4. The van der Waals surface area contributed by atoms with Crippen molar-refractivity contribution in [3.8, 4) is 0 Å². The van der Waals surface area contributed by atoms with Gasteiger partial charge in [0.2, 0.25) is 5.91 Å². The molecule has 0 saturated heterocycles. The molecule has 36 heavy (non-hydrogen) atoms. The second-order valence-corrected chi connectivity index (χ2v) is 12.1. The van der Waals surface area contributed by atoms with E-state index >= 15 is 0 Å². The van der Waals surface area contributed by atoms with E-state index in [0.717, 1.165) is 24.1 Å². The first-order chi connectivity index (χ1) is 17.3. The van der Waals surface area contributed by atoms with Gasteiger partial charge in [0.05, 0.1) is 5.92 Å². The van der Waals surface area contributed by atoms with Crippen LogP contribution in [0.5, 0.6) is 0 Å². The SMILES string of the molecule is CC(C)c1ccc2c(c1)[C@@]1(C)CCC[C@@](C)(CNC(=O)C(c3ccccc3)c3ccccc3)[C@@H]1CC2. The minimum absolute atomic E-state index is 0.0894. The smallest absolute Gasteiger partial charge is 0.232 e. The van der Waals surface area contributed by atoms with Crippen molar-refractivity contribution in [3.05, 3.63) is 107 Å². The lowest BCUT2D eigenvalue weighted by Crippen LogP contribution is -2.53. The van der Waals surface area contributed by atoms with E-state index in [1.54, 1.807) is 11.1 Å². The lowest BCUT2D eigenvalue weighted by Gasteiger charge is -2.55. The first kappa shape index (κ1) is 24.8. The van der Waals surface area contributed by atoms with Crippen molar-refractivity contribution < 1.29 is 4.79 Å². The number of carbonyl (C=O) groups is 1. The van der Waals surface area contributed by atoms with Crippen LogP contribution in [-0.4, -0.2) is 12.5 Å². The lowest BCUT2D eigenvalue weighted by molar-refractivity contribution is -0.122. The minimum Gasteiger partial charge on any atom is -0.355 e. The first-order valence-electron chi connectivity index (χ1n) is 13.8. The van der Waals surface area contributed by atoms with Gasteiger partial charge in [-0.25, -0.2) is 0 Å². The molecule has 1 N–H and O–H groups in total. The normalized spacial score (nSPS) is 25.3. The average Bonchev–Trinajstić information content (AvgIpc) is 2.89. The summed E-state index contributed by atoms with van der Waals surface area (Å²) in [5, 5.41) is 3.45. The summed E-state index contributed by atoms with van der Waals surface area (Å²) in [5.74, 6) is 0.938. The van der Waals surface area contributed by atoms with Gasteiger partial charge in [-0.05, 0) is 76.2 Å². The Labute approximate surface area is 217 Å². The van der Waals surface area contributed by atoms with E-state index in [4.69, 9.17) is 0 Å². The number of amides is 1. The van der Waals surface area contributed by atoms with Crippen LogP contribution in [0.25, 0.3) is 0 Å². The van der Waals surface area contributed by atoms with Gasteiger partial charge in [0, 0.05) is 6.54 Å². The average molecular weight is 480 g/mol. The maximum atomic E-state index is 13.8. The number of benzene rings is 3. The maximum Gasteiger partial charge on any atom is 0.232 e. The Balaban J connectivity index is 1.40. The standard InChI is InChI=1S/C34H41NO/c1-24(2)28-17-16-25-18-19-30-33(3,20-11-21-34(30,4)29(25)22-28)23-35-32(36)31(26-12-7-5-8-13-26)27-14-9-6-10-15-27/h5-10,12-17,22,24,30-31H,11,18-21,23H2,1-4H3,(H,35,36)/t30-,33-,34+/m0/s1. The number of nitrogens with one attached hydrogen (secondary N) is 1. The van der Waals surface area contributed by atoms with E-state index in [9.17, 15) is 4.79 Å². The van der Waals surface area contributed by atoms with E-state index < -0.39 is 0 Å². The van der Waals surface area contributed by atoms with Gasteiger partial charge in [-0.3, -0.25) is 4.79 Å². The van der Waals surface area contributed by atoms with Crippen LogP contribution in [0.2, 0.25) is 0 Å². The fourth-order valence-electron chi connectivity index (χ4n) is 7.36. The predicted molar refractivity (Wildman–Crippen MR) is 149 cm³/mol. The van der Waals surface area contributed by atoms with Crippen molar-refractivity contribution in [1.82, 2.24) is 5.32 Å². The third kappa shape index (κ3) is 4.51. The third-order valence-corrected chi connectivity index (χ3v) is 9.37. The zero-order valence-electron chi connectivity index (χ0n) is 22.4. The van der Waals surface area contributed by atoms with Crippen molar-refractivity contribution >= 4 is 5.91 Å². The van der Waals surface area contributed by atoms with E-state index in [1.165, 1.54) is 31.2 Å². The molecule has 188 valence electrons. The zero-order chi connectivity index (χ0) is 25.3. The van der Waals surface area contributed by atoms with E-state index in [2.05, 4.69) is 75.5 Å². The summed E-state index contributed by atoms with van der Waals surface area (Å²) in [6, 6.07) is 27.6. The molecule has 0 aromatic heterocycles. The summed E-state index contributed by atoms with van der Waals surface area (Å²) in [7, 11) is 0. The maximum absolute atomic E-state index is 13.8. The number of fused-ring (bicyclic) bond motifs is 3. The van der Waals surface area contributed by atoms with Gasteiger partial charge in [-0.1, -0.05) is 113 Å². The molecule has 0 heterocycles. The van der Waals surface area contributed by atoms with Crippen LogP contribution in [0, 0.1) is 11.3 Å². The van der Waals surface area contributed by atoms with Crippen molar-refractivity contribution in [1.29, 1.82) is 0 Å². The molecule has 5 rings (SSSR count). The van der Waals surface area contributed by atoms with Crippen LogP contribution in [0.15, 0.2) is 78.9 Å². The molecule has 2 aliphatic carbocycles. The van der Waals surface area contributed by atoms with Crippen LogP contribution in [0.1, 0.15) is 93.0 Å². The molecule has 3 atom stereocenters. The molecule has 0 radical (unpaired) electrons. The van der Waals surface area contributed by atoms with Gasteiger partial charge in [-0.15, -0.1) is 0 Å². The highest BCUT2D eigenvalue weighted by molar-refractivity contribution is 5.87. The summed E-state index contributed by atoms with van der Waals surface area (Å²) in [6.45, 7) is 10.3. The Kier molecular flexibility index (Phi) is 6.81. The van der Waals surface area contributed by atoms with Crippen LogP contribution >= 0.6 is 0 Å². The molecule has 3 aromatic rings. The highest BCUT2D eigenvalue weighted by Gasteiger charge is 2.51. The monoisotopic (exact) mass is 479 g/mol. The number of carbonyl (C=O) groups excluding carboxylic acids is 1. The number of aryl methyl sites for hydroxylation is 1. The highest BCUT2D eigenvalue weighted by Crippen LogP contribution is 2.57. The van der Waals surface area contributed by atoms with Crippen LogP contribution < -0.4 is 5.32 Å². The van der Waals surface area contributed by atoms with E-state index in [0.29, 0.717) is 11.8 Å². The van der Waals surface area contributed by atoms with Gasteiger partial charge in [0.15, 0.2) is 0 Å². The first-order valence-corrected chi connectivity index (χ1v) is 13.8. The number of hydrogen-bond acceptors (Lipinski definition) is 1. The fourth-order valence-corrected chi connectivity index (χ4v) is 7.36. The Hall–Kier alpha value is -2.87. The molecule has 1 amide bonds. The van der Waals surface area contributed by atoms with Gasteiger partial charge in [0.25, 0.3) is 0 Å². The summed E-state index contributed by atoms with van der Waals surface area (Å²) in [4.78, 5) is 13.8. The van der Waals surface area contributed by atoms with Gasteiger partial charge in [-0.2, -0.15) is 0 Å². The molecular formula is C34H41NO. The Morgan fingerprint density at radius 1 is 0.889 bits per heavy atom. The van der Waals surface area contributed by atoms with Crippen LogP contribution in [0.3, 0.4) is 0 Å². The summed E-state index contributed by atoms with van der Waals surface area (Å²) in [6.07, 6.45) is 5.98. The molecule has 3 aromatic carbocycles. The Bertz CT molecular complexity index is 1160. The minimum atomic E-state index is -0.286. The molecule has 0 unspecified atom stereocenters. The third-order valence-electron chi connectivity index (χ3n) is 9.37. The molecule has 0 spiro atoms. The molecule has 2 heteroatoms. The second-order valence-electron chi connectivity index (χ2n) is 12.1. The lowest BCUT2D eigenvalue weighted by atomic mass is 9.49. The van der Waals surface area contributed by atoms with E-state index in [-0.39, 0.29) is 22.7 Å². The summed E-state index contributed by atoms with van der Waals surface area (Å²) >= 11 is 0. The van der Waals surface area contributed by atoms with Gasteiger partial charge in [0.1, 0.15) is 0 Å². The molecule has 1 fully saturated rings. The molecule has 2 aliphatic rings. The second kappa shape index (κ2) is 9.88. The Morgan fingerprint density at radius 3 is 2.14 bits per heavy atom. The molecule has 0 bridgehead atoms. The predicted octanol–water partition coefficient (Wildman–Crippen LogP) is 7.77. The van der Waals surface area contributed by atoms with Crippen molar-refractivity contribution in [3.63, 3.8) is 0 Å². The summed E-state index contributed by atoms with van der Waals surface area (Å²) < 4.78 is 0. The largest absolute Gasteiger partial charge is 0.355 e. The fraction of sp³-hybridized carbons (Fsp3) is 0.441. The van der Waals surface area contributed by atoms with Crippen LogP contribution in [0.4, 0.5) is 0 Å². The quantitative estimate of drug-likeness (QED) is 0.384. The summed E-state index contributed by atoms with van der Waals surface area (Å²) in [5.41, 5.74) is 6.93.